The van der Waals surface area contributed by atoms with Crippen molar-refractivity contribution in [1.29, 1.82) is 5.26 Å². The Kier molecular flexibility index (Phi) is 5.50. The Bertz CT molecular complexity index is 488. The monoisotopic (exact) mass is 264 g/mol. The molecule has 3 N–H and O–H groups in total. The zero-order valence-electron chi connectivity index (χ0n) is 10.9. The summed E-state index contributed by atoms with van der Waals surface area (Å²) in [5.74, 6) is -1.45. The van der Waals surface area contributed by atoms with Gasteiger partial charge in [-0.25, -0.2) is 0 Å². The van der Waals surface area contributed by atoms with Crippen molar-refractivity contribution in [1.82, 2.24) is 20.4 Å². The minimum Gasteiger partial charge on any atom is -0.348 e. The van der Waals surface area contributed by atoms with E-state index < -0.39 is 11.8 Å². The fourth-order valence-corrected chi connectivity index (χ4v) is 1.31. The second kappa shape index (κ2) is 7.13. The number of carbonyl (C=O) groups excluding carboxylic acids is 2. The van der Waals surface area contributed by atoms with Gasteiger partial charge in [0.1, 0.15) is 17.5 Å². The van der Waals surface area contributed by atoms with Gasteiger partial charge in [0.25, 0.3) is 0 Å². The summed E-state index contributed by atoms with van der Waals surface area (Å²) in [5.41, 5.74) is 0.175. The van der Waals surface area contributed by atoms with Crippen LogP contribution in [0.4, 0.5) is 5.82 Å². The maximum absolute atomic E-state index is 11.5. The summed E-state index contributed by atoms with van der Waals surface area (Å²) in [4.78, 5) is 25.0. The average molecular weight is 264 g/mol. The van der Waals surface area contributed by atoms with Crippen molar-refractivity contribution in [3.8, 4) is 6.07 Å². The van der Waals surface area contributed by atoms with Gasteiger partial charge in [0.05, 0.1) is 6.20 Å². The van der Waals surface area contributed by atoms with Crippen molar-refractivity contribution in [3.63, 3.8) is 0 Å². The predicted octanol–water partition coefficient (Wildman–Crippen LogP) is -0.712. The quantitative estimate of drug-likeness (QED) is 0.480. The van der Waals surface area contributed by atoms with Crippen LogP contribution in [0.25, 0.3) is 0 Å². The Balaban J connectivity index is 2.37. The van der Waals surface area contributed by atoms with E-state index in [1.54, 1.807) is 0 Å². The highest BCUT2D eigenvalue weighted by Crippen LogP contribution is 2.08. The van der Waals surface area contributed by atoms with Gasteiger partial charge >= 0.3 is 11.8 Å². The van der Waals surface area contributed by atoms with Crippen LogP contribution >= 0.6 is 0 Å². The molecule has 8 heteroatoms. The van der Waals surface area contributed by atoms with Crippen molar-refractivity contribution < 1.29 is 9.59 Å². The van der Waals surface area contributed by atoms with Gasteiger partial charge in [-0.2, -0.15) is 10.4 Å². The van der Waals surface area contributed by atoms with Crippen LogP contribution in [0.1, 0.15) is 12.0 Å². The number of H-pyrrole nitrogens is 1. The highest BCUT2D eigenvalue weighted by Gasteiger charge is 2.15. The largest absolute Gasteiger partial charge is 0.348 e. The Morgan fingerprint density at radius 3 is 2.84 bits per heavy atom. The van der Waals surface area contributed by atoms with E-state index in [0.29, 0.717) is 6.54 Å². The smallest absolute Gasteiger partial charge is 0.314 e. The number of hydrogen-bond acceptors (Lipinski definition) is 5. The third-order valence-electron chi connectivity index (χ3n) is 2.27. The molecule has 0 saturated carbocycles. The van der Waals surface area contributed by atoms with E-state index in [1.165, 1.54) is 6.20 Å². The van der Waals surface area contributed by atoms with Crippen molar-refractivity contribution in [2.45, 2.75) is 6.42 Å². The molecule has 0 spiro atoms. The second-order valence-electron chi connectivity index (χ2n) is 4.14. The lowest BCUT2D eigenvalue weighted by Gasteiger charge is -2.09. The molecular formula is C11H16N6O2. The maximum Gasteiger partial charge on any atom is 0.314 e. The van der Waals surface area contributed by atoms with Gasteiger partial charge in [-0.3, -0.25) is 14.7 Å². The van der Waals surface area contributed by atoms with E-state index in [1.807, 2.05) is 25.1 Å². The van der Waals surface area contributed by atoms with Crippen LogP contribution in [0.3, 0.4) is 0 Å². The molecule has 8 nitrogen and oxygen atoms in total. The molecule has 102 valence electrons. The van der Waals surface area contributed by atoms with Gasteiger partial charge in [0.15, 0.2) is 0 Å². The topological polar surface area (TPSA) is 114 Å². The highest BCUT2D eigenvalue weighted by atomic mass is 16.2. The number of aromatic nitrogens is 2. The first-order chi connectivity index (χ1) is 9.04. The molecule has 0 fully saturated rings. The number of rotatable bonds is 5. The molecule has 0 aliphatic heterocycles. The van der Waals surface area contributed by atoms with Gasteiger partial charge < -0.3 is 15.5 Å². The predicted molar refractivity (Wildman–Crippen MR) is 68.1 cm³/mol. The summed E-state index contributed by atoms with van der Waals surface area (Å²) >= 11 is 0. The van der Waals surface area contributed by atoms with E-state index in [9.17, 15) is 9.59 Å². The summed E-state index contributed by atoms with van der Waals surface area (Å²) < 4.78 is 0. The minimum atomic E-state index is -0.828. The Hall–Kier alpha value is -2.40. The number of nitrogens with zero attached hydrogens (tertiary/aromatic N) is 3. The van der Waals surface area contributed by atoms with Crippen molar-refractivity contribution in [2.75, 3.05) is 32.5 Å². The Labute approximate surface area is 110 Å². The van der Waals surface area contributed by atoms with Gasteiger partial charge in [0, 0.05) is 6.54 Å². The molecule has 0 bridgehead atoms. The third kappa shape index (κ3) is 4.77. The summed E-state index contributed by atoms with van der Waals surface area (Å²) in [6, 6.07) is 1.84. The number of hydrogen-bond donors (Lipinski definition) is 3. The zero-order valence-corrected chi connectivity index (χ0v) is 10.9. The standard InChI is InChI=1S/C11H16N6O2/c1-17(2)5-3-4-13-10(18)11(19)15-9-8(6-12)7-14-16-9/h7H,3-5H2,1-2H3,(H,13,18)(H2,14,15,16,19). The Morgan fingerprint density at radius 1 is 1.47 bits per heavy atom. The zero-order chi connectivity index (χ0) is 14.3. The van der Waals surface area contributed by atoms with E-state index in [2.05, 4.69) is 20.8 Å². The van der Waals surface area contributed by atoms with Gasteiger partial charge in [-0.15, -0.1) is 0 Å². The van der Waals surface area contributed by atoms with Gasteiger partial charge in [-0.1, -0.05) is 0 Å². The molecule has 1 rings (SSSR count). The fourth-order valence-electron chi connectivity index (χ4n) is 1.31. The lowest BCUT2D eigenvalue weighted by atomic mass is 10.3. The van der Waals surface area contributed by atoms with Gasteiger partial charge in [0.2, 0.25) is 0 Å². The maximum atomic E-state index is 11.5. The van der Waals surface area contributed by atoms with E-state index in [4.69, 9.17) is 5.26 Å². The molecule has 2 amide bonds. The highest BCUT2D eigenvalue weighted by molar-refractivity contribution is 6.39. The van der Waals surface area contributed by atoms with Crippen LogP contribution in [0.2, 0.25) is 0 Å². The van der Waals surface area contributed by atoms with Crippen LogP contribution in [0.15, 0.2) is 6.20 Å². The molecule has 0 radical (unpaired) electrons. The van der Waals surface area contributed by atoms with Crippen LogP contribution in [-0.4, -0.2) is 54.1 Å². The molecule has 1 aromatic rings. The lowest BCUT2D eigenvalue weighted by molar-refractivity contribution is -0.136. The molecule has 0 aliphatic rings. The Morgan fingerprint density at radius 2 is 2.21 bits per heavy atom. The number of amides is 2. The number of aromatic amines is 1. The first kappa shape index (κ1) is 14.7. The summed E-state index contributed by atoms with van der Waals surface area (Å²) in [6.45, 7) is 1.24. The molecule has 0 saturated heterocycles. The van der Waals surface area contributed by atoms with E-state index in [-0.39, 0.29) is 11.4 Å². The molecule has 1 aromatic heterocycles. The fraction of sp³-hybridized carbons (Fsp3) is 0.455. The number of nitriles is 1. The molecular weight excluding hydrogens is 248 g/mol. The van der Waals surface area contributed by atoms with E-state index in [0.717, 1.165) is 13.0 Å². The molecule has 19 heavy (non-hydrogen) atoms. The van der Waals surface area contributed by atoms with Gasteiger partial charge in [-0.05, 0) is 27.1 Å². The SMILES string of the molecule is CN(C)CCCNC(=O)C(=O)Nc1[nH]ncc1C#N. The molecule has 0 atom stereocenters. The van der Waals surface area contributed by atoms with Crippen LogP contribution in [0, 0.1) is 11.3 Å². The first-order valence-electron chi connectivity index (χ1n) is 5.72. The van der Waals surface area contributed by atoms with Crippen molar-refractivity contribution in [2.24, 2.45) is 0 Å². The lowest BCUT2D eigenvalue weighted by Crippen LogP contribution is -2.36. The second-order valence-corrected chi connectivity index (χ2v) is 4.14. The minimum absolute atomic E-state index is 0.121. The molecule has 0 aromatic carbocycles. The molecule has 1 heterocycles. The number of anilines is 1. The first-order valence-corrected chi connectivity index (χ1v) is 5.72. The van der Waals surface area contributed by atoms with Crippen LogP contribution in [0.5, 0.6) is 0 Å². The van der Waals surface area contributed by atoms with Crippen molar-refractivity contribution >= 4 is 17.6 Å². The summed E-state index contributed by atoms with van der Waals surface area (Å²) in [6.07, 6.45) is 2.02. The number of carbonyl (C=O) groups is 2. The van der Waals surface area contributed by atoms with E-state index >= 15 is 0 Å². The summed E-state index contributed by atoms with van der Waals surface area (Å²) in [5, 5.41) is 19.5. The molecule has 0 aliphatic carbocycles. The van der Waals surface area contributed by atoms with Crippen LogP contribution < -0.4 is 10.6 Å². The van der Waals surface area contributed by atoms with Crippen LogP contribution in [-0.2, 0) is 9.59 Å². The molecule has 0 unspecified atom stereocenters. The van der Waals surface area contributed by atoms with Crippen molar-refractivity contribution in [3.05, 3.63) is 11.8 Å². The average Bonchev–Trinajstić information content (AvgIpc) is 2.81. The number of nitrogens with one attached hydrogen (secondary N) is 3. The third-order valence-corrected chi connectivity index (χ3v) is 2.27. The normalized spacial score (nSPS) is 10.0. The summed E-state index contributed by atoms with van der Waals surface area (Å²) in [7, 11) is 3.85.